The zero-order valence-electron chi connectivity index (χ0n) is 8.96. The Morgan fingerprint density at radius 3 is 2.65 bits per heavy atom. The summed E-state index contributed by atoms with van der Waals surface area (Å²) in [6.45, 7) is 0. The Bertz CT molecular complexity index is 560. The van der Waals surface area contributed by atoms with E-state index < -0.39 is 6.04 Å². The number of hydrogen-bond donors (Lipinski definition) is 1. The molecule has 1 amide bonds. The lowest BCUT2D eigenvalue weighted by atomic mass is 10.1. The van der Waals surface area contributed by atoms with Gasteiger partial charge >= 0.3 is 0 Å². The number of nitrogens with one attached hydrogen (secondary N) is 1. The van der Waals surface area contributed by atoms with Crippen molar-refractivity contribution < 1.29 is 4.79 Å². The zero-order valence-corrected chi connectivity index (χ0v) is 9.78. The molecule has 4 heteroatoms. The van der Waals surface area contributed by atoms with Gasteiger partial charge in [-0.15, -0.1) is 11.3 Å². The average molecular weight is 242 g/mol. The first-order valence-electron chi connectivity index (χ1n) is 5.32. The summed E-state index contributed by atoms with van der Waals surface area (Å²) < 4.78 is 0. The van der Waals surface area contributed by atoms with E-state index in [1.807, 2.05) is 47.8 Å². The van der Waals surface area contributed by atoms with Gasteiger partial charge in [0.1, 0.15) is 5.84 Å². The van der Waals surface area contributed by atoms with Crippen LogP contribution in [0.4, 0.5) is 0 Å². The summed E-state index contributed by atoms with van der Waals surface area (Å²) in [6, 6.07) is 13.1. The van der Waals surface area contributed by atoms with E-state index in [4.69, 9.17) is 0 Å². The lowest BCUT2D eigenvalue weighted by Crippen LogP contribution is -2.25. The molecule has 2 aromatic rings. The fourth-order valence-electron chi connectivity index (χ4n) is 1.80. The molecule has 1 aliphatic heterocycles. The number of thiophene rings is 1. The molecule has 1 aromatic carbocycles. The van der Waals surface area contributed by atoms with Crippen molar-refractivity contribution in [3.63, 3.8) is 0 Å². The van der Waals surface area contributed by atoms with Gasteiger partial charge in [-0.05, 0) is 17.0 Å². The van der Waals surface area contributed by atoms with E-state index >= 15 is 0 Å². The minimum Gasteiger partial charge on any atom is -0.308 e. The van der Waals surface area contributed by atoms with E-state index in [0.29, 0.717) is 5.84 Å². The Morgan fingerprint density at radius 2 is 1.94 bits per heavy atom. The summed E-state index contributed by atoms with van der Waals surface area (Å²) >= 11 is 1.57. The second-order valence-electron chi connectivity index (χ2n) is 3.76. The van der Waals surface area contributed by atoms with Crippen LogP contribution >= 0.6 is 11.3 Å². The van der Waals surface area contributed by atoms with Crippen molar-refractivity contribution >= 4 is 23.1 Å². The van der Waals surface area contributed by atoms with Crippen LogP contribution in [0.5, 0.6) is 0 Å². The quantitative estimate of drug-likeness (QED) is 0.863. The molecule has 1 aliphatic rings. The number of amides is 1. The van der Waals surface area contributed by atoms with Crippen LogP contribution in [-0.4, -0.2) is 11.7 Å². The molecule has 0 radical (unpaired) electrons. The zero-order chi connectivity index (χ0) is 11.7. The van der Waals surface area contributed by atoms with Gasteiger partial charge in [0.05, 0.1) is 4.88 Å². The van der Waals surface area contributed by atoms with Crippen molar-refractivity contribution in [2.24, 2.45) is 4.99 Å². The first-order valence-corrected chi connectivity index (χ1v) is 6.20. The number of benzene rings is 1. The van der Waals surface area contributed by atoms with Crippen LogP contribution in [0.15, 0.2) is 52.8 Å². The number of nitrogens with zero attached hydrogens (tertiary/aromatic N) is 1. The van der Waals surface area contributed by atoms with Crippen LogP contribution in [0.2, 0.25) is 0 Å². The van der Waals surface area contributed by atoms with E-state index in [2.05, 4.69) is 10.3 Å². The van der Waals surface area contributed by atoms with Crippen LogP contribution in [0.3, 0.4) is 0 Å². The third kappa shape index (κ3) is 1.87. The van der Waals surface area contributed by atoms with Crippen LogP contribution < -0.4 is 5.32 Å². The lowest BCUT2D eigenvalue weighted by molar-refractivity contribution is -0.120. The molecule has 2 heterocycles. The summed E-state index contributed by atoms with van der Waals surface area (Å²) in [6.07, 6.45) is 0. The number of carbonyl (C=O) groups excluding carboxylic acids is 1. The van der Waals surface area contributed by atoms with Gasteiger partial charge in [-0.25, -0.2) is 4.99 Å². The lowest BCUT2D eigenvalue weighted by Gasteiger charge is -2.03. The normalized spacial score (nSPS) is 18.9. The predicted octanol–water partition coefficient (Wildman–Crippen LogP) is 2.37. The molecule has 3 rings (SSSR count). The maximum Gasteiger partial charge on any atom is 0.255 e. The fraction of sp³-hybridized carbons (Fsp3) is 0.0769. The van der Waals surface area contributed by atoms with Crippen LogP contribution in [0.1, 0.15) is 16.5 Å². The highest BCUT2D eigenvalue weighted by Crippen LogP contribution is 2.23. The third-order valence-corrected chi connectivity index (χ3v) is 3.49. The summed E-state index contributed by atoms with van der Waals surface area (Å²) in [4.78, 5) is 17.3. The molecule has 1 atom stereocenters. The fourth-order valence-corrected chi connectivity index (χ4v) is 2.48. The standard InChI is InChI=1S/C13H10N2OS/c16-13-11(9-5-2-1-3-6-9)14-12(15-13)10-7-4-8-17-10/h1-8,11H,(H,14,15,16). The van der Waals surface area contributed by atoms with Crippen LogP contribution in [0.25, 0.3) is 0 Å². The monoisotopic (exact) mass is 242 g/mol. The molecule has 0 saturated heterocycles. The average Bonchev–Trinajstić information content (AvgIpc) is 2.99. The number of amidine groups is 1. The van der Waals surface area contributed by atoms with Gasteiger partial charge in [-0.3, -0.25) is 4.79 Å². The van der Waals surface area contributed by atoms with Crippen molar-refractivity contribution in [1.82, 2.24) is 5.32 Å². The highest BCUT2D eigenvalue weighted by molar-refractivity contribution is 7.12. The topological polar surface area (TPSA) is 41.5 Å². The van der Waals surface area contributed by atoms with Gasteiger partial charge in [-0.1, -0.05) is 36.4 Å². The molecule has 0 bridgehead atoms. The maximum absolute atomic E-state index is 11.9. The molecule has 0 saturated carbocycles. The van der Waals surface area contributed by atoms with Gasteiger partial charge in [0.25, 0.3) is 5.91 Å². The van der Waals surface area contributed by atoms with Gasteiger partial charge in [0, 0.05) is 0 Å². The van der Waals surface area contributed by atoms with Crippen molar-refractivity contribution in [1.29, 1.82) is 0 Å². The summed E-state index contributed by atoms with van der Waals surface area (Å²) in [5.74, 6) is 0.624. The number of carbonyl (C=O) groups is 1. The Labute approximate surface area is 103 Å². The molecule has 0 fully saturated rings. The summed E-state index contributed by atoms with van der Waals surface area (Å²) in [7, 11) is 0. The second-order valence-corrected chi connectivity index (χ2v) is 4.71. The highest BCUT2D eigenvalue weighted by atomic mass is 32.1. The Kier molecular flexibility index (Phi) is 2.49. The molecule has 84 valence electrons. The minimum absolute atomic E-state index is 0.0559. The van der Waals surface area contributed by atoms with Crippen LogP contribution in [0, 0.1) is 0 Å². The number of rotatable bonds is 2. The van der Waals surface area contributed by atoms with Gasteiger partial charge in [0.15, 0.2) is 6.04 Å². The van der Waals surface area contributed by atoms with Crippen molar-refractivity contribution in [2.45, 2.75) is 6.04 Å². The van der Waals surface area contributed by atoms with Gasteiger partial charge in [0.2, 0.25) is 0 Å². The molecule has 1 N–H and O–H groups in total. The number of aliphatic imine (C=N–C) groups is 1. The van der Waals surface area contributed by atoms with Gasteiger partial charge < -0.3 is 5.32 Å². The maximum atomic E-state index is 11.9. The largest absolute Gasteiger partial charge is 0.308 e. The molecule has 1 aromatic heterocycles. The minimum atomic E-state index is -0.409. The Morgan fingerprint density at radius 1 is 1.12 bits per heavy atom. The molecule has 3 nitrogen and oxygen atoms in total. The number of hydrogen-bond acceptors (Lipinski definition) is 3. The van der Waals surface area contributed by atoms with Crippen molar-refractivity contribution in [2.75, 3.05) is 0 Å². The van der Waals surface area contributed by atoms with E-state index in [9.17, 15) is 4.79 Å². The summed E-state index contributed by atoms with van der Waals surface area (Å²) in [5.41, 5.74) is 0.927. The molecular weight excluding hydrogens is 232 g/mol. The second kappa shape index (κ2) is 4.14. The highest BCUT2D eigenvalue weighted by Gasteiger charge is 2.28. The predicted molar refractivity (Wildman–Crippen MR) is 68.2 cm³/mol. The molecule has 0 spiro atoms. The van der Waals surface area contributed by atoms with Gasteiger partial charge in [-0.2, -0.15) is 0 Å². The van der Waals surface area contributed by atoms with Crippen molar-refractivity contribution in [3.8, 4) is 0 Å². The SMILES string of the molecule is O=C1NC(c2cccs2)=NC1c1ccccc1. The first-order chi connectivity index (χ1) is 8.34. The van der Waals surface area contributed by atoms with E-state index in [1.165, 1.54) is 0 Å². The van der Waals surface area contributed by atoms with E-state index in [-0.39, 0.29) is 5.91 Å². The smallest absolute Gasteiger partial charge is 0.255 e. The third-order valence-electron chi connectivity index (χ3n) is 2.62. The first kappa shape index (κ1) is 10.2. The van der Waals surface area contributed by atoms with E-state index in [0.717, 1.165) is 10.4 Å². The molecule has 17 heavy (non-hydrogen) atoms. The molecule has 0 aliphatic carbocycles. The molecule has 1 unspecified atom stereocenters. The summed E-state index contributed by atoms with van der Waals surface area (Å²) in [5, 5.41) is 4.80. The van der Waals surface area contributed by atoms with Crippen molar-refractivity contribution in [3.05, 3.63) is 58.3 Å². The van der Waals surface area contributed by atoms with Crippen LogP contribution in [-0.2, 0) is 4.79 Å². The molecular formula is C13H10N2OS. The Balaban J connectivity index is 1.95. The Hall–Kier alpha value is -1.94. The van der Waals surface area contributed by atoms with E-state index in [1.54, 1.807) is 11.3 Å².